The Labute approximate surface area is 113 Å². The van der Waals surface area contributed by atoms with Crippen molar-refractivity contribution in [1.29, 1.82) is 0 Å². The summed E-state index contributed by atoms with van der Waals surface area (Å²) < 4.78 is 5.31. The molecule has 0 unspecified atom stereocenters. The molecule has 0 bridgehead atoms. The van der Waals surface area contributed by atoms with E-state index in [4.69, 9.17) is 4.74 Å². The molecule has 2 aromatic carbocycles. The highest BCUT2D eigenvalue weighted by atomic mass is 16.5. The Morgan fingerprint density at radius 3 is 2.47 bits per heavy atom. The quantitative estimate of drug-likeness (QED) is 0.571. The summed E-state index contributed by atoms with van der Waals surface area (Å²) in [6.07, 6.45) is 0.417. The molecule has 2 nitrogen and oxygen atoms in total. The van der Waals surface area contributed by atoms with Crippen molar-refractivity contribution >= 4 is 5.97 Å². The van der Waals surface area contributed by atoms with Gasteiger partial charge in [0.1, 0.15) is 5.75 Å². The Hall–Kier alpha value is -2.09. The Bertz CT molecular complexity index is 623. The first-order chi connectivity index (χ1) is 9.13. The molecule has 0 N–H and O–H groups in total. The molecule has 0 saturated carbocycles. The van der Waals surface area contributed by atoms with Crippen molar-refractivity contribution in [3.05, 3.63) is 64.7 Å². The fourth-order valence-corrected chi connectivity index (χ4v) is 2.81. The van der Waals surface area contributed by atoms with Gasteiger partial charge in [-0.25, -0.2) is 0 Å². The lowest BCUT2D eigenvalue weighted by Crippen LogP contribution is -2.21. The standard InChI is InChI=1S/C17H16O2/c1-11-7-12(2)9-13(8-11)15-10-17(18)19-16-6-4-3-5-14(15)16/h3-9,15H,10H2,1-2H3/t15-/m0/s1. The van der Waals surface area contributed by atoms with Crippen LogP contribution >= 0.6 is 0 Å². The van der Waals surface area contributed by atoms with E-state index in [9.17, 15) is 4.79 Å². The lowest BCUT2D eigenvalue weighted by molar-refractivity contribution is -0.135. The predicted molar refractivity (Wildman–Crippen MR) is 74.5 cm³/mol. The van der Waals surface area contributed by atoms with Crippen LogP contribution < -0.4 is 4.74 Å². The van der Waals surface area contributed by atoms with Crippen molar-refractivity contribution in [2.24, 2.45) is 0 Å². The van der Waals surface area contributed by atoms with Crippen LogP contribution in [0.1, 0.15) is 34.6 Å². The summed E-state index contributed by atoms with van der Waals surface area (Å²) in [6.45, 7) is 4.17. The van der Waals surface area contributed by atoms with E-state index >= 15 is 0 Å². The maximum atomic E-state index is 11.8. The van der Waals surface area contributed by atoms with E-state index in [1.807, 2.05) is 24.3 Å². The van der Waals surface area contributed by atoms with Gasteiger partial charge in [-0.1, -0.05) is 47.5 Å². The molecule has 3 rings (SSSR count). The number of hydrogen-bond acceptors (Lipinski definition) is 2. The predicted octanol–water partition coefficient (Wildman–Crippen LogP) is 3.74. The first kappa shape index (κ1) is 12.0. The lowest BCUT2D eigenvalue weighted by Gasteiger charge is -2.25. The average Bonchev–Trinajstić information content (AvgIpc) is 2.36. The van der Waals surface area contributed by atoms with Gasteiger partial charge in [-0.2, -0.15) is 0 Å². The second-order valence-corrected chi connectivity index (χ2v) is 5.19. The number of esters is 1. The number of rotatable bonds is 1. The van der Waals surface area contributed by atoms with Crippen LogP contribution in [0.25, 0.3) is 0 Å². The Morgan fingerprint density at radius 2 is 1.74 bits per heavy atom. The third kappa shape index (κ3) is 2.26. The molecule has 1 atom stereocenters. The van der Waals surface area contributed by atoms with Gasteiger partial charge in [0.05, 0.1) is 6.42 Å². The second-order valence-electron chi connectivity index (χ2n) is 5.19. The summed E-state index contributed by atoms with van der Waals surface area (Å²) in [5, 5.41) is 0. The molecule has 2 heteroatoms. The van der Waals surface area contributed by atoms with Crippen LogP contribution in [0.3, 0.4) is 0 Å². The molecular formula is C17H16O2. The number of ether oxygens (including phenoxy) is 1. The number of para-hydroxylation sites is 1. The van der Waals surface area contributed by atoms with E-state index in [0.29, 0.717) is 12.2 Å². The number of carbonyl (C=O) groups is 1. The van der Waals surface area contributed by atoms with Crippen LogP contribution in [-0.4, -0.2) is 5.97 Å². The van der Waals surface area contributed by atoms with E-state index in [1.165, 1.54) is 16.7 Å². The molecule has 0 radical (unpaired) electrons. The number of carbonyl (C=O) groups excluding carboxylic acids is 1. The molecule has 0 aromatic heterocycles. The molecule has 1 aliphatic heterocycles. The van der Waals surface area contributed by atoms with Gasteiger partial charge in [-0.3, -0.25) is 4.79 Å². The minimum atomic E-state index is -0.150. The summed E-state index contributed by atoms with van der Waals surface area (Å²) in [5.41, 5.74) is 4.76. The van der Waals surface area contributed by atoms with Crippen LogP contribution in [0, 0.1) is 13.8 Å². The maximum Gasteiger partial charge on any atom is 0.312 e. The minimum Gasteiger partial charge on any atom is -0.426 e. The highest BCUT2D eigenvalue weighted by molar-refractivity contribution is 5.77. The van der Waals surface area contributed by atoms with Crippen molar-refractivity contribution in [2.75, 3.05) is 0 Å². The van der Waals surface area contributed by atoms with Gasteiger partial charge in [0.25, 0.3) is 0 Å². The maximum absolute atomic E-state index is 11.8. The molecule has 0 fully saturated rings. The molecule has 2 aromatic rings. The molecule has 0 aliphatic carbocycles. The van der Waals surface area contributed by atoms with E-state index in [-0.39, 0.29) is 11.9 Å². The fourth-order valence-electron chi connectivity index (χ4n) is 2.81. The molecular weight excluding hydrogens is 236 g/mol. The molecule has 0 amide bonds. The molecule has 0 saturated heterocycles. The number of fused-ring (bicyclic) bond motifs is 1. The third-order valence-corrected chi connectivity index (χ3v) is 3.54. The molecule has 1 heterocycles. The second kappa shape index (κ2) is 4.54. The average molecular weight is 252 g/mol. The third-order valence-electron chi connectivity index (χ3n) is 3.54. The van der Waals surface area contributed by atoms with Gasteiger partial charge < -0.3 is 4.74 Å². The molecule has 19 heavy (non-hydrogen) atoms. The van der Waals surface area contributed by atoms with Crippen LogP contribution in [0.15, 0.2) is 42.5 Å². The highest BCUT2D eigenvalue weighted by Gasteiger charge is 2.28. The Balaban J connectivity index is 2.12. The smallest absolute Gasteiger partial charge is 0.312 e. The molecule has 96 valence electrons. The topological polar surface area (TPSA) is 26.3 Å². The summed E-state index contributed by atoms with van der Waals surface area (Å²) in [4.78, 5) is 11.8. The Morgan fingerprint density at radius 1 is 1.05 bits per heavy atom. The first-order valence-electron chi connectivity index (χ1n) is 6.51. The Kier molecular flexibility index (Phi) is 2.86. The number of aryl methyl sites for hydroxylation is 2. The van der Waals surface area contributed by atoms with Crippen molar-refractivity contribution in [3.63, 3.8) is 0 Å². The van der Waals surface area contributed by atoms with Crippen LogP contribution in [0.2, 0.25) is 0 Å². The van der Waals surface area contributed by atoms with Crippen LogP contribution in [0.5, 0.6) is 5.75 Å². The zero-order valence-corrected chi connectivity index (χ0v) is 11.1. The number of hydrogen-bond donors (Lipinski definition) is 0. The monoisotopic (exact) mass is 252 g/mol. The summed E-state index contributed by atoms with van der Waals surface area (Å²) in [5.74, 6) is 0.654. The van der Waals surface area contributed by atoms with Crippen molar-refractivity contribution in [2.45, 2.75) is 26.2 Å². The van der Waals surface area contributed by atoms with E-state index in [1.54, 1.807) is 0 Å². The van der Waals surface area contributed by atoms with Gasteiger partial charge in [0.15, 0.2) is 0 Å². The SMILES string of the molecule is Cc1cc(C)cc([C@@H]2CC(=O)Oc3ccccc32)c1. The largest absolute Gasteiger partial charge is 0.426 e. The van der Waals surface area contributed by atoms with Crippen molar-refractivity contribution < 1.29 is 9.53 Å². The first-order valence-corrected chi connectivity index (χ1v) is 6.51. The van der Waals surface area contributed by atoms with Crippen LogP contribution in [-0.2, 0) is 4.79 Å². The van der Waals surface area contributed by atoms with Gasteiger partial charge in [-0.15, -0.1) is 0 Å². The molecule has 1 aliphatic rings. The highest BCUT2D eigenvalue weighted by Crippen LogP contribution is 2.38. The van der Waals surface area contributed by atoms with E-state index in [2.05, 4.69) is 32.0 Å². The van der Waals surface area contributed by atoms with Gasteiger partial charge in [0, 0.05) is 11.5 Å². The fraction of sp³-hybridized carbons (Fsp3) is 0.235. The van der Waals surface area contributed by atoms with Gasteiger partial charge in [-0.05, 0) is 25.5 Å². The van der Waals surface area contributed by atoms with Crippen molar-refractivity contribution in [1.82, 2.24) is 0 Å². The summed E-state index contributed by atoms with van der Waals surface area (Å²) >= 11 is 0. The van der Waals surface area contributed by atoms with Gasteiger partial charge >= 0.3 is 5.97 Å². The van der Waals surface area contributed by atoms with Gasteiger partial charge in [0.2, 0.25) is 0 Å². The van der Waals surface area contributed by atoms with E-state index in [0.717, 1.165) is 5.56 Å². The zero-order chi connectivity index (χ0) is 13.4. The summed E-state index contributed by atoms with van der Waals surface area (Å²) in [7, 11) is 0. The lowest BCUT2D eigenvalue weighted by atomic mass is 9.85. The molecule has 0 spiro atoms. The van der Waals surface area contributed by atoms with Crippen LogP contribution in [0.4, 0.5) is 0 Å². The minimum absolute atomic E-state index is 0.107. The van der Waals surface area contributed by atoms with E-state index < -0.39 is 0 Å². The van der Waals surface area contributed by atoms with Crippen molar-refractivity contribution in [3.8, 4) is 5.75 Å². The summed E-state index contributed by atoms with van der Waals surface area (Å²) in [6, 6.07) is 14.3. The normalized spacial score (nSPS) is 17.8. The number of benzene rings is 2. The zero-order valence-electron chi connectivity index (χ0n) is 11.1.